The topological polar surface area (TPSA) is 24.5 Å². The van der Waals surface area contributed by atoms with Crippen molar-refractivity contribution in [1.82, 2.24) is 10.2 Å². The van der Waals surface area contributed by atoms with E-state index < -0.39 is 0 Å². The lowest BCUT2D eigenvalue weighted by molar-refractivity contribution is -0.140. The van der Waals surface area contributed by atoms with Gasteiger partial charge in [0.2, 0.25) is 0 Å². The first kappa shape index (κ1) is 12.3. The predicted molar refractivity (Wildman–Crippen MR) is 66.7 cm³/mol. The van der Waals surface area contributed by atoms with Crippen LogP contribution in [0.15, 0.2) is 0 Å². The Balaban J connectivity index is 1.97. The van der Waals surface area contributed by atoms with Gasteiger partial charge in [0, 0.05) is 25.2 Å². The molecule has 0 spiro atoms. The van der Waals surface area contributed by atoms with Crippen molar-refractivity contribution >= 4 is 0 Å². The van der Waals surface area contributed by atoms with Crippen molar-refractivity contribution in [3.63, 3.8) is 0 Å². The molecule has 0 radical (unpaired) electrons. The molecule has 0 aliphatic carbocycles. The molecule has 2 rings (SSSR count). The summed E-state index contributed by atoms with van der Waals surface area (Å²) >= 11 is 0. The summed E-state index contributed by atoms with van der Waals surface area (Å²) in [6.07, 6.45) is 2.93. The zero-order chi connectivity index (χ0) is 11.8. The van der Waals surface area contributed by atoms with Gasteiger partial charge in [-0.1, -0.05) is 0 Å². The van der Waals surface area contributed by atoms with Crippen LogP contribution in [0, 0.1) is 0 Å². The molecular weight excluding hydrogens is 200 g/mol. The predicted octanol–water partition coefficient (Wildman–Crippen LogP) is 1.63. The van der Waals surface area contributed by atoms with E-state index in [0.717, 1.165) is 25.7 Å². The molecule has 2 heterocycles. The average molecular weight is 226 g/mol. The molecule has 2 aliphatic rings. The van der Waals surface area contributed by atoms with Crippen molar-refractivity contribution in [1.29, 1.82) is 0 Å². The van der Waals surface area contributed by atoms with Crippen molar-refractivity contribution in [2.75, 3.05) is 19.6 Å². The van der Waals surface area contributed by atoms with Crippen LogP contribution >= 0.6 is 0 Å². The number of hydrogen-bond donors (Lipinski definition) is 1. The van der Waals surface area contributed by atoms with Crippen LogP contribution in [-0.2, 0) is 4.74 Å². The molecule has 0 aromatic heterocycles. The molecule has 3 atom stereocenters. The molecule has 3 unspecified atom stereocenters. The Labute approximate surface area is 99.5 Å². The molecule has 2 aliphatic heterocycles. The Morgan fingerprint density at radius 3 is 2.69 bits per heavy atom. The van der Waals surface area contributed by atoms with Crippen molar-refractivity contribution in [3.8, 4) is 0 Å². The molecule has 3 nitrogen and oxygen atoms in total. The number of ether oxygens (including phenoxy) is 1. The van der Waals surface area contributed by atoms with E-state index in [1.807, 2.05) is 0 Å². The Morgan fingerprint density at radius 1 is 1.31 bits per heavy atom. The van der Waals surface area contributed by atoms with Gasteiger partial charge in [0.05, 0.1) is 11.7 Å². The summed E-state index contributed by atoms with van der Waals surface area (Å²) in [6.45, 7) is 12.2. The Bertz CT molecular complexity index is 242. The third kappa shape index (κ3) is 2.96. The van der Waals surface area contributed by atoms with Crippen LogP contribution in [-0.4, -0.2) is 48.3 Å². The van der Waals surface area contributed by atoms with E-state index in [2.05, 4.69) is 37.9 Å². The molecule has 0 bridgehead atoms. The highest BCUT2D eigenvalue weighted by Gasteiger charge is 2.35. The minimum atomic E-state index is 0.0196. The minimum absolute atomic E-state index is 0.0196. The Morgan fingerprint density at radius 2 is 2.06 bits per heavy atom. The number of hydrogen-bond acceptors (Lipinski definition) is 3. The van der Waals surface area contributed by atoms with E-state index in [1.54, 1.807) is 0 Å². The summed E-state index contributed by atoms with van der Waals surface area (Å²) in [5.41, 5.74) is 0.0196. The molecule has 0 amide bonds. The van der Waals surface area contributed by atoms with Crippen LogP contribution in [0.5, 0.6) is 0 Å². The van der Waals surface area contributed by atoms with Gasteiger partial charge in [-0.05, 0) is 47.1 Å². The van der Waals surface area contributed by atoms with Gasteiger partial charge in [-0.2, -0.15) is 0 Å². The van der Waals surface area contributed by atoms with Gasteiger partial charge in [0.25, 0.3) is 0 Å². The molecule has 16 heavy (non-hydrogen) atoms. The molecule has 3 heteroatoms. The Hall–Kier alpha value is -0.120. The number of nitrogens with zero attached hydrogens (tertiary/aromatic N) is 1. The second-order valence-electron chi connectivity index (χ2n) is 6.15. The van der Waals surface area contributed by atoms with Crippen molar-refractivity contribution in [2.24, 2.45) is 0 Å². The molecule has 1 N–H and O–H groups in total. The van der Waals surface area contributed by atoms with E-state index >= 15 is 0 Å². The van der Waals surface area contributed by atoms with E-state index in [9.17, 15) is 0 Å². The lowest BCUT2D eigenvalue weighted by Gasteiger charge is -2.47. The summed E-state index contributed by atoms with van der Waals surface area (Å²) in [5.74, 6) is 0. The average Bonchev–Trinajstić information content (AvgIpc) is 2.14. The minimum Gasteiger partial charge on any atom is -0.370 e. The van der Waals surface area contributed by atoms with Crippen LogP contribution in [0.1, 0.15) is 40.5 Å². The standard InChI is InChI=1S/C13H26N2O/c1-10-7-12(5-6-14-10)15-8-11(2)16-13(3,4)9-15/h10-12,14H,5-9H2,1-4H3. The summed E-state index contributed by atoms with van der Waals surface area (Å²) in [5, 5.41) is 3.53. The monoisotopic (exact) mass is 226 g/mol. The summed E-state index contributed by atoms with van der Waals surface area (Å²) in [7, 11) is 0. The van der Waals surface area contributed by atoms with E-state index in [-0.39, 0.29) is 5.60 Å². The van der Waals surface area contributed by atoms with Crippen molar-refractivity contribution in [3.05, 3.63) is 0 Å². The molecule has 94 valence electrons. The highest BCUT2D eigenvalue weighted by Crippen LogP contribution is 2.25. The van der Waals surface area contributed by atoms with Crippen molar-refractivity contribution < 1.29 is 4.74 Å². The zero-order valence-corrected chi connectivity index (χ0v) is 11.1. The van der Waals surface area contributed by atoms with Crippen LogP contribution in [0.3, 0.4) is 0 Å². The maximum Gasteiger partial charge on any atom is 0.0757 e. The second-order valence-corrected chi connectivity index (χ2v) is 6.15. The van der Waals surface area contributed by atoms with Gasteiger partial charge in [0.1, 0.15) is 0 Å². The smallest absolute Gasteiger partial charge is 0.0757 e. The largest absolute Gasteiger partial charge is 0.370 e. The molecule has 0 aromatic carbocycles. The number of piperidine rings is 1. The van der Waals surface area contributed by atoms with E-state index in [1.165, 1.54) is 12.8 Å². The summed E-state index contributed by atoms with van der Waals surface area (Å²) in [4.78, 5) is 2.64. The fourth-order valence-electron chi connectivity index (χ4n) is 3.22. The fraction of sp³-hybridized carbons (Fsp3) is 1.00. The summed E-state index contributed by atoms with van der Waals surface area (Å²) < 4.78 is 5.96. The van der Waals surface area contributed by atoms with Crippen LogP contribution in [0.2, 0.25) is 0 Å². The first-order valence-corrected chi connectivity index (χ1v) is 6.61. The van der Waals surface area contributed by atoms with Crippen LogP contribution in [0.4, 0.5) is 0 Å². The first-order valence-electron chi connectivity index (χ1n) is 6.61. The van der Waals surface area contributed by atoms with Gasteiger partial charge in [0.15, 0.2) is 0 Å². The highest BCUT2D eigenvalue weighted by atomic mass is 16.5. The molecule has 0 saturated carbocycles. The number of rotatable bonds is 1. The first-order chi connectivity index (χ1) is 7.46. The van der Waals surface area contributed by atoms with Gasteiger partial charge < -0.3 is 10.1 Å². The van der Waals surface area contributed by atoms with Gasteiger partial charge in [-0.3, -0.25) is 4.90 Å². The molecule has 2 fully saturated rings. The maximum absolute atomic E-state index is 5.96. The Kier molecular flexibility index (Phi) is 3.57. The normalized spacial score (nSPS) is 40.9. The second kappa shape index (κ2) is 4.63. The lowest BCUT2D eigenvalue weighted by Crippen LogP contribution is -2.57. The third-order valence-corrected chi connectivity index (χ3v) is 3.71. The fourth-order valence-corrected chi connectivity index (χ4v) is 3.22. The van der Waals surface area contributed by atoms with Crippen LogP contribution < -0.4 is 5.32 Å². The van der Waals surface area contributed by atoms with E-state index in [0.29, 0.717) is 12.1 Å². The zero-order valence-electron chi connectivity index (χ0n) is 11.1. The van der Waals surface area contributed by atoms with Crippen molar-refractivity contribution in [2.45, 2.75) is 64.3 Å². The molecule has 0 aromatic rings. The maximum atomic E-state index is 5.96. The molecule has 2 saturated heterocycles. The quantitative estimate of drug-likeness (QED) is 0.735. The van der Waals surface area contributed by atoms with Gasteiger partial charge >= 0.3 is 0 Å². The number of morpholine rings is 1. The molecular formula is C13H26N2O. The van der Waals surface area contributed by atoms with Gasteiger partial charge in [-0.25, -0.2) is 0 Å². The van der Waals surface area contributed by atoms with Crippen LogP contribution in [0.25, 0.3) is 0 Å². The lowest BCUT2D eigenvalue weighted by atomic mass is 9.95. The van der Waals surface area contributed by atoms with E-state index in [4.69, 9.17) is 4.74 Å². The number of nitrogens with one attached hydrogen (secondary N) is 1. The third-order valence-electron chi connectivity index (χ3n) is 3.71. The SMILES string of the molecule is CC1CC(N2CC(C)OC(C)(C)C2)CCN1. The van der Waals surface area contributed by atoms with Gasteiger partial charge in [-0.15, -0.1) is 0 Å². The summed E-state index contributed by atoms with van der Waals surface area (Å²) in [6, 6.07) is 1.42. The highest BCUT2D eigenvalue weighted by molar-refractivity contribution is 4.89.